The summed E-state index contributed by atoms with van der Waals surface area (Å²) in [5.74, 6) is -4.98. The lowest BCUT2D eigenvalue weighted by Crippen LogP contribution is -2.43. The lowest BCUT2D eigenvalue weighted by molar-refractivity contribution is -0.140. The molecule has 2 unspecified atom stereocenters. The first-order chi connectivity index (χ1) is 17.9. The van der Waals surface area contributed by atoms with E-state index in [0.717, 1.165) is 18.9 Å². The molecule has 3 aromatic rings. The average molecular weight is 541 g/mol. The molecule has 0 aliphatic carbocycles. The van der Waals surface area contributed by atoms with E-state index in [9.17, 15) is 22.0 Å². The van der Waals surface area contributed by atoms with Gasteiger partial charge in [-0.1, -0.05) is 12.1 Å². The Hall–Kier alpha value is -3.19. The van der Waals surface area contributed by atoms with Gasteiger partial charge in [0.25, 0.3) is 5.92 Å². The number of nitrogens with zero attached hydrogens (tertiary/aromatic N) is 4. The zero-order chi connectivity index (χ0) is 27.4. The molecule has 2 fully saturated rings. The van der Waals surface area contributed by atoms with Crippen LogP contribution in [0.25, 0.3) is 10.9 Å². The third kappa shape index (κ3) is 4.73. The highest BCUT2D eigenvalue weighted by molar-refractivity contribution is 5.93. The van der Waals surface area contributed by atoms with Crippen LogP contribution >= 0.6 is 0 Å². The lowest BCUT2D eigenvalue weighted by atomic mass is 10.00. The van der Waals surface area contributed by atoms with E-state index in [2.05, 4.69) is 20.5 Å². The van der Waals surface area contributed by atoms with Crippen molar-refractivity contribution < 1.29 is 36.2 Å². The molecule has 2 aliphatic rings. The Morgan fingerprint density at radius 3 is 2.45 bits per heavy atom. The van der Waals surface area contributed by atoms with Gasteiger partial charge in [0.2, 0.25) is 0 Å². The zero-order valence-electron chi connectivity index (χ0n) is 20.5. The molecule has 204 valence electrons. The molecular formula is C25H25F6N5O2. The van der Waals surface area contributed by atoms with E-state index in [1.165, 1.54) is 32.0 Å². The molecule has 2 aromatic heterocycles. The highest BCUT2D eigenvalue weighted by Gasteiger charge is 2.41. The summed E-state index contributed by atoms with van der Waals surface area (Å²) >= 11 is 0. The number of hydrogen-bond acceptors (Lipinski definition) is 7. The fourth-order valence-electron chi connectivity index (χ4n) is 5.09. The standard InChI is InChI=1S/C25H25F6N5O2/c1-12(16-4-3-5-18(20(16)26)24(27,28)11-37)32-23-17-8-19(36-9-14-6-7-15(10-36)38-14)22(25(29,30)31)33-21(17)13(2)34-35-23/h3-5,8,12,14-15,37H,6-7,9-11H2,1-2H3,(H,32,35)/t12-,14?,15?/m1/s1. The monoisotopic (exact) mass is 541 g/mol. The minimum Gasteiger partial charge on any atom is -0.390 e. The molecule has 2 N–H and O–H groups in total. The van der Waals surface area contributed by atoms with E-state index in [-0.39, 0.29) is 59.0 Å². The van der Waals surface area contributed by atoms with Gasteiger partial charge in [-0.15, -0.1) is 5.10 Å². The van der Waals surface area contributed by atoms with Crippen molar-refractivity contribution in [3.63, 3.8) is 0 Å². The molecule has 0 spiro atoms. The van der Waals surface area contributed by atoms with Gasteiger partial charge in [-0.25, -0.2) is 9.37 Å². The molecule has 5 rings (SSSR count). The number of ether oxygens (including phenoxy) is 1. The van der Waals surface area contributed by atoms with Crippen molar-refractivity contribution in [1.82, 2.24) is 15.2 Å². The Labute approximate surface area is 213 Å². The van der Waals surface area contributed by atoms with Crippen molar-refractivity contribution in [1.29, 1.82) is 0 Å². The van der Waals surface area contributed by atoms with Crippen LogP contribution in [-0.2, 0) is 16.8 Å². The third-order valence-corrected chi connectivity index (χ3v) is 6.99. The Balaban J connectivity index is 1.58. The van der Waals surface area contributed by atoms with Crippen LogP contribution in [0.1, 0.15) is 48.3 Å². The number of halogens is 6. The maximum absolute atomic E-state index is 15.0. The number of aliphatic hydroxyl groups is 1. The van der Waals surface area contributed by atoms with Crippen molar-refractivity contribution in [2.24, 2.45) is 0 Å². The second-order valence-corrected chi connectivity index (χ2v) is 9.68. The summed E-state index contributed by atoms with van der Waals surface area (Å²) in [5, 5.41) is 20.1. The maximum atomic E-state index is 15.0. The summed E-state index contributed by atoms with van der Waals surface area (Å²) in [7, 11) is 0. The van der Waals surface area contributed by atoms with Crippen LogP contribution in [0.15, 0.2) is 24.3 Å². The van der Waals surface area contributed by atoms with Crippen molar-refractivity contribution >= 4 is 22.4 Å². The molecular weight excluding hydrogens is 516 g/mol. The number of anilines is 2. The number of pyridine rings is 1. The first-order valence-corrected chi connectivity index (χ1v) is 12.1. The predicted octanol–water partition coefficient (Wildman–Crippen LogP) is 5.12. The fraction of sp³-hybridized carbons (Fsp3) is 0.480. The van der Waals surface area contributed by atoms with Crippen LogP contribution in [0.2, 0.25) is 0 Å². The third-order valence-electron chi connectivity index (χ3n) is 6.99. The Morgan fingerprint density at radius 2 is 1.82 bits per heavy atom. The molecule has 3 atom stereocenters. The summed E-state index contributed by atoms with van der Waals surface area (Å²) < 4.78 is 91.2. The second-order valence-electron chi connectivity index (χ2n) is 9.68. The highest BCUT2D eigenvalue weighted by atomic mass is 19.4. The minimum absolute atomic E-state index is 0.0236. The van der Waals surface area contributed by atoms with E-state index in [4.69, 9.17) is 9.84 Å². The zero-order valence-corrected chi connectivity index (χ0v) is 20.5. The smallest absolute Gasteiger partial charge is 0.390 e. The molecule has 38 heavy (non-hydrogen) atoms. The van der Waals surface area contributed by atoms with Crippen LogP contribution < -0.4 is 10.2 Å². The van der Waals surface area contributed by atoms with E-state index in [0.29, 0.717) is 0 Å². The van der Waals surface area contributed by atoms with Crippen LogP contribution in [0, 0.1) is 12.7 Å². The van der Waals surface area contributed by atoms with Crippen LogP contribution in [-0.4, -0.2) is 52.2 Å². The quantitative estimate of drug-likeness (QED) is 0.420. The molecule has 2 aliphatic heterocycles. The van der Waals surface area contributed by atoms with Gasteiger partial charge in [0.1, 0.15) is 12.4 Å². The van der Waals surface area contributed by atoms with Gasteiger partial charge in [-0.2, -0.15) is 27.1 Å². The van der Waals surface area contributed by atoms with Crippen molar-refractivity contribution in [2.45, 2.75) is 57.0 Å². The number of rotatable bonds is 6. The van der Waals surface area contributed by atoms with Crippen LogP contribution in [0.3, 0.4) is 0 Å². The number of hydrogen-bond donors (Lipinski definition) is 2. The topological polar surface area (TPSA) is 83.4 Å². The molecule has 4 heterocycles. The number of alkyl halides is 5. The Kier molecular flexibility index (Phi) is 6.62. The molecule has 13 heteroatoms. The SMILES string of the molecule is Cc1nnc(N[C@H](C)c2cccc(C(F)(F)CO)c2F)c2cc(N3CC4CCC(C3)O4)c(C(F)(F)F)nc12. The summed E-state index contributed by atoms with van der Waals surface area (Å²) in [5.41, 5.74) is -2.16. The lowest BCUT2D eigenvalue weighted by Gasteiger charge is -2.35. The summed E-state index contributed by atoms with van der Waals surface area (Å²) in [6.07, 6.45) is -3.56. The van der Waals surface area contributed by atoms with E-state index in [1.54, 1.807) is 4.90 Å². The normalized spacial score (nSPS) is 20.7. The number of morpholine rings is 1. The van der Waals surface area contributed by atoms with Gasteiger partial charge in [0.15, 0.2) is 11.5 Å². The maximum Gasteiger partial charge on any atom is 0.435 e. The van der Waals surface area contributed by atoms with Crippen molar-refractivity contribution in [3.05, 3.63) is 52.6 Å². The van der Waals surface area contributed by atoms with E-state index in [1.807, 2.05) is 0 Å². The first-order valence-electron chi connectivity index (χ1n) is 12.1. The molecule has 2 saturated heterocycles. The van der Waals surface area contributed by atoms with Gasteiger partial charge in [0.05, 0.1) is 40.7 Å². The molecule has 7 nitrogen and oxygen atoms in total. The molecule has 0 saturated carbocycles. The van der Waals surface area contributed by atoms with E-state index < -0.39 is 41.8 Å². The minimum atomic E-state index is -4.74. The Morgan fingerprint density at radius 1 is 1.13 bits per heavy atom. The number of benzene rings is 1. The van der Waals surface area contributed by atoms with Crippen LogP contribution in [0.5, 0.6) is 0 Å². The fourth-order valence-corrected chi connectivity index (χ4v) is 5.09. The number of nitrogens with one attached hydrogen (secondary N) is 1. The number of aliphatic hydroxyl groups excluding tert-OH is 1. The molecule has 0 amide bonds. The van der Waals surface area contributed by atoms with Gasteiger partial charge in [0, 0.05) is 24.0 Å². The van der Waals surface area contributed by atoms with Crippen LogP contribution in [0.4, 0.5) is 37.8 Å². The number of fused-ring (bicyclic) bond motifs is 3. The molecule has 0 radical (unpaired) electrons. The van der Waals surface area contributed by atoms with Gasteiger partial charge in [-0.05, 0) is 38.8 Å². The summed E-state index contributed by atoms with van der Waals surface area (Å²) in [6, 6.07) is 3.82. The molecule has 2 bridgehead atoms. The van der Waals surface area contributed by atoms with E-state index >= 15 is 4.39 Å². The number of aromatic nitrogens is 3. The second kappa shape index (κ2) is 9.53. The highest BCUT2D eigenvalue weighted by Crippen LogP contribution is 2.41. The van der Waals surface area contributed by atoms with Crippen molar-refractivity contribution in [3.8, 4) is 0 Å². The summed E-state index contributed by atoms with van der Waals surface area (Å²) in [4.78, 5) is 5.57. The van der Waals surface area contributed by atoms with Gasteiger partial charge >= 0.3 is 6.18 Å². The molecule has 1 aromatic carbocycles. The summed E-state index contributed by atoms with van der Waals surface area (Å²) in [6.45, 7) is 1.96. The Bertz CT molecular complexity index is 1360. The number of aryl methyl sites for hydroxylation is 1. The first kappa shape index (κ1) is 26.4. The average Bonchev–Trinajstić information content (AvgIpc) is 3.21. The predicted molar refractivity (Wildman–Crippen MR) is 127 cm³/mol. The van der Waals surface area contributed by atoms with Gasteiger partial charge in [-0.3, -0.25) is 0 Å². The largest absolute Gasteiger partial charge is 0.435 e. The van der Waals surface area contributed by atoms with Gasteiger partial charge < -0.3 is 20.1 Å². The van der Waals surface area contributed by atoms with Crippen molar-refractivity contribution in [2.75, 3.05) is 29.9 Å².